The SMILES string of the molecule is c1ccc(C2CCN(CCNCC3CCCO3)C2)cc1. The predicted molar refractivity (Wildman–Crippen MR) is 82.1 cm³/mol. The Morgan fingerprint density at radius 1 is 1.20 bits per heavy atom. The number of rotatable bonds is 6. The van der Waals surface area contributed by atoms with Crippen molar-refractivity contribution < 1.29 is 4.74 Å². The number of hydrogen-bond acceptors (Lipinski definition) is 3. The van der Waals surface area contributed by atoms with Gasteiger partial charge in [-0.2, -0.15) is 0 Å². The summed E-state index contributed by atoms with van der Waals surface area (Å²) in [5.74, 6) is 0.731. The number of nitrogens with zero attached hydrogens (tertiary/aromatic N) is 1. The van der Waals surface area contributed by atoms with E-state index >= 15 is 0 Å². The lowest BCUT2D eigenvalue weighted by Gasteiger charge is -2.17. The van der Waals surface area contributed by atoms with Gasteiger partial charge in [-0.25, -0.2) is 0 Å². The van der Waals surface area contributed by atoms with Gasteiger partial charge >= 0.3 is 0 Å². The summed E-state index contributed by atoms with van der Waals surface area (Å²) in [5.41, 5.74) is 1.50. The molecule has 2 aliphatic heterocycles. The Morgan fingerprint density at radius 3 is 2.90 bits per heavy atom. The third kappa shape index (κ3) is 3.81. The van der Waals surface area contributed by atoms with Gasteiger partial charge < -0.3 is 15.0 Å². The Morgan fingerprint density at radius 2 is 2.10 bits per heavy atom. The van der Waals surface area contributed by atoms with E-state index in [0.29, 0.717) is 6.10 Å². The van der Waals surface area contributed by atoms with Crippen LogP contribution < -0.4 is 5.32 Å². The van der Waals surface area contributed by atoms with E-state index in [0.717, 1.165) is 32.2 Å². The summed E-state index contributed by atoms with van der Waals surface area (Å²) in [6.45, 7) is 6.68. The van der Waals surface area contributed by atoms with Gasteiger partial charge in [0.25, 0.3) is 0 Å². The number of benzene rings is 1. The molecule has 0 spiro atoms. The van der Waals surface area contributed by atoms with Gasteiger partial charge in [-0.1, -0.05) is 30.3 Å². The van der Waals surface area contributed by atoms with E-state index in [-0.39, 0.29) is 0 Å². The predicted octanol–water partition coefficient (Wildman–Crippen LogP) is 2.24. The first-order valence-electron chi connectivity index (χ1n) is 8.01. The van der Waals surface area contributed by atoms with Gasteiger partial charge in [0.15, 0.2) is 0 Å². The summed E-state index contributed by atoms with van der Waals surface area (Å²) in [5, 5.41) is 3.54. The maximum atomic E-state index is 5.62. The Labute approximate surface area is 122 Å². The van der Waals surface area contributed by atoms with E-state index in [4.69, 9.17) is 4.74 Å². The number of hydrogen-bond donors (Lipinski definition) is 1. The van der Waals surface area contributed by atoms with Crippen LogP contribution in [-0.2, 0) is 4.74 Å². The molecule has 3 heteroatoms. The first-order valence-corrected chi connectivity index (χ1v) is 8.01. The van der Waals surface area contributed by atoms with Crippen molar-refractivity contribution in [3.8, 4) is 0 Å². The van der Waals surface area contributed by atoms with Crippen molar-refractivity contribution in [1.29, 1.82) is 0 Å². The fraction of sp³-hybridized carbons (Fsp3) is 0.647. The van der Waals surface area contributed by atoms with Crippen LogP contribution >= 0.6 is 0 Å². The molecule has 3 nitrogen and oxygen atoms in total. The molecule has 0 aromatic heterocycles. The highest BCUT2D eigenvalue weighted by atomic mass is 16.5. The second-order valence-corrected chi connectivity index (χ2v) is 6.04. The normalized spacial score (nSPS) is 27.2. The largest absolute Gasteiger partial charge is 0.377 e. The zero-order chi connectivity index (χ0) is 13.6. The second kappa shape index (κ2) is 7.21. The monoisotopic (exact) mass is 274 g/mol. The zero-order valence-corrected chi connectivity index (χ0v) is 12.3. The van der Waals surface area contributed by atoms with E-state index in [1.165, 1.54) is 37.9 Å². The van der Waals surface area contributed by atoms with E-state index < -0.39 is 0 Å². The minimum Gasteiger partial charge on any atom is -0.377 e. The highest BCUT2D eigenvalue weighted by molar-refractivity contribution is 5.20. The van der Waals surface area contributed by atoms with Crippen LogP contribution in [0, 0.1) is 0 Å². The molecule has 1 aromatic rings. The van der Waals surface area contributed by atoms with Crippen molar-refractivity contribution >= 4 is 0 Å². The average molecular weight is 274 g/mol. The number of nitrogens with one attached hydrogen (secondary N) is 1. The molecule has 0 aliphatic carbocycles. The summed E-state index contributed by atoms with van der Waals surface area (Å²) in [6, 6.07) is 10.9. The second-order valence-electron chi connectivity index (χ2n) is 6.04. The van der Waals surface area contributed by atoms with Gasteiger partial charge in [0.05, 0.1) is 6.10 Å². The fourth-order valence-corrected chi connectivity index (χ4v) is 3.34. The molecule has 2 unspecified atom stereocenters. The van der Waals surface area contributed by atoms with E-state index in [1.54, 1.807) is 0 Å². The van der Waals surface area contributed by atoms with Crippen molar-refractivity contribution in [3.63, 3.8) is 0 Å². The topological polar surface area (TPSA) is 24.5 Å². The summed E-state index contributed by atoms with van der Waals surface area (Å²) in [4.78, 5) is 2.58. The van der Waals surface area contributed by atoms with Gasteiger partial charge in [0, 0.05) is 32.8 Å². The van der Waals surface area contributed by atoms with Crippen LogP contribution in [0.5, 0.6) is 0 Å². The number of likely N-dealkylation sites (tertiary alicyclic amines) is 1. The minimum atomic E-state index is 0.464. The molecule has 1 N–H and O–H groups in total. The van der Waals surface area contributed by atoms with Crippen LogP contribution in [0.25, 0.3) is 0 Å². The average Bonchev–Trinajstić information content (AvgIpc) is 3.16. The Balaban J connectivity index is 1.33. The van der Waals surface area contributed by atoms with E-state index in [1.807, 2.05) is 0 Å². The third-order valence-electron chi connectivity index (χ3n) is 4.54. The number of ether oxygens (including phenoxy) is 1. The molecule has 20 heavy (non-hydrogen) atoms. The van der Waals surface area contributed by atoms with Crippen molar-refractivity contribution in [3.05, 3.63) is 35.9 Å². The summed E-state index contributed by atoms with van der Waals surface area (Å²) in [6.07, 6.45) is 4.23. The first kappa shape index (κ1) is 14.1. The van der Waals surface area contributed by atoms with Gasteiger partial charge in [-0.3, -0.25) is 0 Å². The molecular weight excluding hydrogens is 248 g/mol. The quantitative estimate of drug-likeness (QED) is 0.805. The third-order valence-corrected chi connectivity index (χ3v) is 4.54. The van der Waals surface area contributed by atoms with Crippen LogP contribution in [0.2, 0.25) is 0 Å². The molecule has 0 radical (unpaired) electrons. The maximum absolute atomic E-state index is 5.62. The highest BCUT2D eigenvalue weighted by Crippen LogP contribution is 2.26. The first-order chi connectivity index (χ1) is 9.92. The molecule has 3 rings (SSSR count). The van der Waals surface area contributed by atoms with Crippen molar-refractivity contribution in [2.45, 2.75) is 31.3 Å². The van der Waals surface area contributed by atoms with Crippen molar-refractivity contribution in [2.24, 2.45) is 0 Å². The van der Waals surface area contributed by atoms with Crippen LogP contribution in [0.15, 0.2) is 30.3 Å². The van der Waals surface area contributed by atoms with Gasteiger partial charge in [-0.05, 0) is 37.3 Å². The van der Waals surface area contributed by atoms with Gasteiger partial charge in [0.1, 0.15) is 0 Å². The molecule has 2 fully saturated rings. The molecule has 110 valence electrons. The molecule has 0 saturated carbocycles. The van der Waals surface area contributed by atoms with Crippen molar-refractivity contribution in [2.75, 3.05) is 39.3 Å². The fourth-order valence-electron chi connectivity index (χ4n) is 3.34. The van der Waals surface area contributed by atoms with Gasteiger partial charge in [0.2, 0.25) is 0 Å². The maximum Gasteiger partial charge on any atom is 0.0700 e. The van der Waals surface area contributed by atoms with Gasteiger partial charge in [-0.15, -0.1) is 0 Å². The Bertz CT molecular complexity index is 389. The lowest BCUT2D eigenvalue weighted by atomic mass is 9.99. The molecular formula is C17H26N2O. The Kier molecular flexibility index (Phi) is 5.06. The molecule has 2 saturated heterocycles. The molecule has 1 aromatic carbocycles. The molecule has 0 amide bonds. The van der Waals surface area contributed by atoms with Crippen LogP contribution in [0.1, 0.15) is 30.7 Å². The Hall–Kier alpha value is -0.900. The van der Waals surface area contributed by atoms with E-state index in [9.17, 15) is 0 Å². The van der Waals surface area contributed by atoms with Crippen molar-refractivity contribution in [1.82, 2.24) is 10.2 Å². The van der Waals surface area contributed by atoms with E-state index in [2.05, 4.69) is 40.5 Å². The summed E-state index contributed by atoms with van der Waals surface area (Å²) < 4.78 is 5.62. The standard InChI is InChI=1S/C17H26N2O/c1-2-5-15(6-3-1)16-8-10-19(14-16)11-9-18-13-17-7-4-12-20-17/h1-3,5-6,16-18H,4,7-14H2. The molecule has 0 bridgehead atoms. The zero-order valence-electron chi connectivity index (χ0n) is 12.3. The summed E-state index contributed by atoms with van der Waals surface area (Å²) >= 11 is 0. The molecule has 2 heterocycles. The minimum absolute atomic E-state index is 0.464. The lowest BCUT2D eigenvalue weighted by molar-refractivity contribution is 0.109. The molecule has 2 aliphatic rings. The smallest absolute Gasteiger partial charge is 0.0700 e. The lowest BCUT2D eigenvalue weighted by Crippen LogP contribution is -2.34. The molecule has 2 atom stereocenters. The van der Waals surface area contributed by atoms with Crippen LogP contribution in [0.4, 0.5) is 0 Å². The van der Waals surface area contributed by atoms with Crippen LogP contribution in [-0.4, -0.2) is 50.3 Å². The summed E-state index contributed by atoms with van der Waals surface area (Å²) in [7, 11) is 0. The van der Waals surface area contributed by atoms with Crippen LogP contribution in [0.3, 0.4) is 0 Å². The highest BCUT2D eigenvalue weighted by Gasteiger charge is 2.23.